The van der Waals surface area contributed by atoms with E-state index < -0.39 is 0 Å². The van der Waals surface area contributed by atoms with E-state index in [0.29, 0.717) is 0 Å². The molecular weight excluding hydrogens is 264 g/mol. The molecule has 2 aromatic heterocycles. The Bertz CT molecular complexity index is 777. The van der Waals surface area contributed by atoms with Crippen molar-refractivity contribution in [3.05, 3.63) is 48.1 Å². The quantitative estimate of drug-likeness (QED) is 0.721. The summed E-state index contributed by atoms with van der Waals surface area (Å²) in [6.45, 7) is 2.91. The van der Waals surface area contributed by atoms with Crippen LogP contribution in [0.3, 0.4) is 0 Å². The molecule has 3 aromatic rings. The van der Waals surface area contributed by atoms with Gasteiger partial charge in [0.25, 0.3) is 0 Å². The fourth-order valence-corrected chi connectivity index (χ4v) is 3.09. The van der Waals surface area contributed by atoms with Crippen molar-refractivity contribution in [2.45, 2.75) is 25.8 Å². The molecule has 0 saturated carbocycles. The topological polar surface area (TPSA) is 55.1 Å². The number of para-hydroxylation sites is 1. The van der Waals surface area contributed by atoms with Crippen LogP contribution in [0.2, 0.25) is 0 Å². The zero-order chi connectivity index (χ0) is 14.2. The van der Waals surface area contributed by atoms with Gasteiger partial charge in [-0.1, -0.05) is 17.3 Å². The van der Waals surface area contributed by atoms with Crippen molar-refractivity contribution in [2.75, 3.05) is 11.4 Å². The molecule has 0 N–H and O–H groups in total. The molecular formula is C16H16N4O. The van der Waals surface area contributed by atoms with Gasteiger partial charge in [0, 0.05) is 18.0 Å². The Balaban J connectivity index is 1.80. The second kappa shape index (κ2) is 4.84. The van der Waals surface area contributed by atoms with E-state index in [1.54, 1.807) is 6.33 Å². The Hall–Kier alpha value is -2.43. The molecule has 5 heteroatoms. The summed E-state index contributed by atoms with van der Waals surface area (Å²) in [6, 6.07) is 10.4. The minimum atomic E-state index is 0.237. The summed E-state index contributed by atoms with van der Waals surface area (Å²) in [5.41, 5.74) is 1.97. The number of hydrogen-bond acceptors (Lipinski definition) is 5. The van der Waals surface area contributed by atoms with E-state index in [9.17, 15) is 0 Å². The molecule has 0 unspecified atom stereocenters. The number of benzene rings is 1. The maximum Gasteiger partial charge on any atom is 0.140 e. The fourth-order valence-electron chi connectivity index (χ4n) is 3.09. The normalized spacial score (nSPS) is 18.5. The number of aromatic nitrogens is 3. The molecule has 1 fully saturated rings. The van der Waals surface area contributed by atoms with Crippen LogP contribution in [0, 0.1) is 6.92 Å². The van der Waals surface area contributed by atoms with Gasteiger partial charge in [0.1, 0.15) is 23.6 Å². The minimum absolute atomic E-state index is 0.237. The average Bonchev–Trinajstić information content (AvgIpc) is 3.15. The first-order chi connectivity index (χ1) is 10.3. The molecule has 0 bridgehead atoms. The van der Waals surface area contributed by atoms with Gasteiger partial charge in [-0.05, 0) is 31.9 Å². The predicted molar refractivity (Wildman–Crippen MR) is 80.1 cm³/mol. The molecule has 0 spiro atoms. The van der Waals surface area contributed by atoms with Crippen molar-refractivity contribution >= 4 is 16.7 Å². The third-order valence-corrected chi connectivity index (χ3v) is 4.03. The van der Waals surface area contributed by atoms with Crippen LogP contribution in [0.4, 0.5) is 5.82 Å². The van der Waals surface area contributed by atoms with Gasteiger partial charge < -0.3 is 9.42 Å². The fraction of sp³-hybridized carbons (Fsp3) is 0.312. The average molecular weight is 280 g/mol. The number of aryl methyl sites for hydroxylation is 1. The molecule has 5 nitrogen and oxygen atoms in total. The zero-order valence-electron chi connectivity index (χ0n) is 11.9. The number of anilines is 1. The first kappa shape index (κ1) is 12.3. The van der Waals surface area contributed by atoms with Gasteiger partial charge in [-0.2, -0.15) is 0 Å². The summed E-state index contributed by atoms with van der Waals surface area (Å²) in [5, 5.41) is 5.28. The van der Waals surface area contributed by atoms with Gasteiger partial charge in [-0.15, -0.1) is 0 Å². The van der Waals surface area contributed by atoms with Crippen molar-refractivity contribution in [1.29, 1.82) is 0 Å². The Kier molecular flexibility index (Phi) is 2.84. The minimum Gasteiger partial charge on any atom is -0.361 e. The van der Waals surface area contributed by atoms with Gasteiger partial charge in [0.15, 0.2) is 0 Å². The second-order valence-corrected chi connectivity index (χ2v) is 5.43. The summed E-state index contributed by atoms with van der Waals surface area (Å²) in [5.74, 6) is 1.84. The summed E-state index contributed by atoms with van der Waals surface area (Å²) in [4.78, 5) is 11.2. The van der Waals surface area contributed by atoms with Crippen LogP contribution in [-0.4, -0.2) is 21.7 Å². The van der Waals surface area contributed by atoms with E-state index in [1.165, 1.54) is 0 Å². The van der Waals surface area contributed by atoms with E-state index in [-0.39, 0.29) is 6.04 Å². The van der Waals surface area contributed by atoms with Crippen LogP contribution in [-0.2, 0) is 0 Å². The van der Waals surface area contributed by atoms with Crippen molar-refractivity contribution in [1.82, 2.24) is 15.1 Å². The molecule has 4 rings (SSSR count). The van der Waals surface area contributed by atoms with Crippen LogP contribution < -0.4 is 4.90 Å². The SMILES string of the molecule is Cc1cc([C@H]2CCCN2c2ncnc3ccccc23)no1. The Morgan fingerprint density at radius 3 is 3.00 bits per heavy atom. The predicted octanol–water partition coefficient (Wildman–Crippen LogP) is 3.27. The molecule has 1 aromatic carbocycles. The third-order valence-electron chi connectivity index (χ3n) is 4.03. The molecule has 106 valence electrons. The highest BCUT2D eigenvalue weighted by Crippen LogP contribution is 2.37. The molecule has 3 heterocycles. The summed E-state index contributed by atoms with van der Waals surface area (Å²) in [6.07, 6.45) is 3.85. The van der Waals surface area contributed by atoms with Gasteiger partial charge in [0.2, 0.25) is 0 Å². The third kappa shape index (κ3) is 2.05. The van der Waals surface area contributed by atoms with Gasteiger partial charge in [-0.3, -0.25) is 0 Å². The van der Waals surface area contributed by atoms with E-state index in [2.05, 4.69) is 26.1 Å². The van der Waals surface area contributed by atoms with Crippen LogP contribution in [0.5, 0.6) is 0 Å². The molecule has 0 aliphatic carbocycles. The largest absolute Gasteiger partial charge is 0.361 e. The molecule has 1 saturated heterocycles. The highest BCUT2D eigenvalue weighted by atomic mass is 16.5. The van der Waals surface area contributed by atoms with Crippen molar-refractivity contribution < 1.29 is 4.52 Å². The summed E-state index contributed by atoms with van der Waals surface area (Å²) >= 11 is 0. The van der Waals surface area contributed by atoms with Crippen LogP contribution >= 0.6 is 0 Å². The lowest BCUT2D eigenvalue weighted by Crippen LogP contribution is -2.24. The number of rotatable bonds is 2. The maximum absolute atomic E-state index is 5.24. The smallest absolute Gasteiger partial charge is 0.140 e. The van der Waals surface area contributed by atoms with Crippen LogP contribution in [0.25, 0.3) is 10.9 Å². The number of hydrogen-bond donors (Lipinski definition) is 0. The van der Waals surface area contributed by atoms with E-state index >= 15 is 0 Å². The highest BCUT2D eigenvalue weighted by molar-refractivity contribution is 5.89. The van der Waals surface area contributed by atoms with Crippen LogP contribution in [0.1, 0.15) is 30.3 Å². The summed E-state index contributed by atoms with van der Waals surface area (Å²) < 4.78 is 5.24. The van der Waals surface area contributed by atoms with Crippen molar-refractivity contribution in [2.24, 2.45) is 0 Å². The first-order valence-corrected chi connectivity index (χ1v) is 7.22. The Labute approximate surface area is 122 Å². The van der Waals surface area contributed by atoms with Crippen molar-refractivity contribution in [3.8, 4) is 0 Å². The lowest BCUT2D eigenvalue weighted by molar-refractivity contribution is 0.385. The first-order valence-electron chi connectivity index (χ1n) is 7.22. The second-order valence-electron chi connectivity index (χ2n) is 5.43. The van der Waals surface area contributed by atoms with Gasteiger partial charge >= 0.3 is 0 Å². The molecule has 0 amide bonds. The summed E-state index contributed by atoms with van der Waals surface area (Å²) in [7, 11) is 0. The molecule has 1 aliphatic rings. The van der Waals surface area contributed by atoms with E-state index in [4.69, 9.17) is 4.52 Å². The molecule has 21 heavy (non-hydrogen) atoms. The maximum atomic E-state index is 5.24. The Morgan fingerprint density at radius 2 is 2.14 bits per heavy atom. The molecule has 1 aliphatic heterocycles. The molecule has 1 atom stereocenters. The lowest BCUT2D eigenvalue weighted by Gasteiger charge is -2.25. The standard InChI is InChI=1S/C16H16N4O/c1-11-9-14(19-21-11)15-7-4-8-20(15)16-12-5-2-3-6-13(12)17-10-18-16/h2-3,5-6,9-10,15H,4,7-8H2,1H3/t15-/m1/s1. The van der Waals surface area contributed by atoms with Gasteiger partial charge in [-0.25, -0.2) is 9.97 Å². The molecule has 0 radical (unpaired) electrons. The Morgan fingerprint density at radius 1 is 1.24 bits per heavy atom. The van der Waals surface area contributed by atoms with Crippen LogP contribution in [0.15, 0.2) is 41.2 Å². The lowest BCUT2D eigenvalue weighted by atomic mass is 10.1. The van der Waals surface area contributed by atoms with Gasteiger partial charge in [0.05, 0.1) is 11.6 Å². The van der Waals surface area contributed by atoms with Crippen molar-refractivity contribution in [3.63, 3.8) is 0 Å². The number of nitrogens with zero attached hydrogens (tertiary/aromatic N) is 4. The van der Waals surface area contributed by atoms with E-state index in [1.807, 2.05) is 31.2 Å². The monoisotopic (exact) mass is 280 g/mol. The number of fused-ring (bicyclic) bond motifs is 1. The van der Waals surface area contributed by atoms with E-state index in [0.717, 1.165) is 47.6 Å². The zero-order valence-corrected chi connectivity index (χ0v) is 11.9. The highest BCUT2D eigenvalue weighted by Gasteiger charge is 2.30.